The number of hydrogen-bond acceptors (Lipinski definition) is 4. The molecule has 0 heterocycles. The molecule has 188 valence electrons. The quantitative estimate of drug-likeness (QED) is 0.115. The topological polar surface area (TPSA) is 80.9 Å². The summed E-state index contributed by atoms with van der Waals surface area (Å²) in [4.78, 5) is 0. The van der Waals surface area contributed by atoms with Gasteiger partial charge in [0.1, 0.15) is 0 Å². The van der Waals surface area contributed by atoms with Gasteiger partial charge in [0.2, 0.25) is 0 Å². The molecule has 0 radical (unpaired) electrons. The zero-order valence-electron chi connectivity index (χ0n) is 20.4. The number of aliphatic hydroxyl groups excluding tert-OH is 4. The molecule has 0 rings (SSSR count). The van der Waals surface area contributed by atoms with E-state index in [1.165, 1.54) is 77.0 Å². The van der Waals surface area contributed by atoms with Crippen LogP contribution in [0.15, 0.2) is 0 Å². The third-order valence-corrected chi connectivity index (χ3v) is 4.05. The predicted octanol–water partition coefficient (Wildman–Crippen LogP) is 6.87. The molecule has 30 heavy (non-hydrogen) atoms. The predicted molar refractivity (Wildman–Crippen MR) is 132 cm³/mol. The first-order valence-electron chi connectivity index (χ1n) is 12.1. The molecule has 0 saturated carbocycles. The Kier molecular flexibility index (Phi) is 84.5. The van der Waals surface area contributed by atoms with Crippen LogP contribution >= 0.6 is 0 Å². The minimum atomic E-state index is 0. The molecule has 5 heteroatoms. The van der Waals surface area contributed by atoms with Gasteiger partial charge in [-0.1, -0.05) is 112 Å². The standard InChI is InChI=1S/4C6H14O.CH4.Hf/c4*1-2-3-4-5-6-7;;/h4*7H,2-6H2,1H3;1H4;. The molecule has 0 aliphatic rings. The normalized spacial score (nSPS) is 8.80. The van der Waals surface area contributed by atoms with Crippen LogP contribution < -0.4 is 0 Å². The van der Waals surface area contributed by atoms with E-state index in [0.29, 0.717) is 26.4 Å². The molecule has 0 aliphatic heterocycles. The van der Waals surface area contributed by atoms with Crippen LogP contribution in [0.4, 0.5) is 0 Å². The van der Waals surface area contributed by atoms with Crippen LogP contribution in [0.5, 0.6) is 0 Å². The Morgan fingerprint density at radius 1 is 0.333 bits per heavy atom. The molecule has 0 aliphatic carbocycles. The maximum absolute atomic E-state index is 8.29. The van der Waals surface area contributed by atoms with E-state index in [1.807, 2.05) is 0 Å². The van der Waals surface area contributed by atoms with E-state index in [2.05, 4.69) is 27.7 Å². The van der Waals surface area contributed by atoms with Crippen LogP contribution in [0.25, 0.3) is 0 Å². The van der Waals surface area contributed by atoms with Crippen molar-refractivity contribution < 1.29 is 46.3 Å². The summed E-state index contributed by atoms with van der Waals surface area (Å²) in [5.41, 5.74) is 0. The van der Waals surface area contributed by atoms with E-state index < -0.39 is 0 Å². The van der Waals surface area contributed by atoms with Crippen molar-refractivity contribution in [3.63, 3.8) is 0 Å². The average Bonchev–Trinajstić information content (AvgIpc) is 2.71. The molecule has 0 saturated heterocycles. The summed E-state index contributed by atoms with van der Waals surface area (Å²) in [6, 6.07) is 0. The summed E-state index contributed by atoms with van der Waals surface area (Å²) in [5, 5.41) is 33.2. The Morgan fingerprint density at radius 2 is 0.500 bits per heavy atom. The van der Waals surface area contributed by atoms with E-state index in [1.54, 1.807) is 0 Å². The zero-order chi connectivity index (χ0) is 22.1. The monoisotopic (exact) mass is 604 g/mol. The van der Waals surface area contributed by atoms with Crippen LogP contribution in [0.1, 0.15) is 138 Å². The Balaban J connectivity index is -0.0000000626. The first kappa shape index (κ1) is 44.4. The van der Waals surface area contributed by atoms with E-state index >= 15 is 0 Å². The van der Waals surface area contributed by atoms with Gasteiger partial charge < -0.3 is 20.4 Å². The van der Waals surface area contributed by atoms with Crippen molar-refractivity contribution in [1.29, 1.82) is 0 Å². The van der Waals surface area contributed by atoms with Gasteiger partial charge in [-0.25, -0.2) is 0 Å². The molecular formula is C25H60HfO4. The Labute approximate surface area is 210 Å². The number of aliphatic hydroxyl groups is 4. The van der Waals surface area contributed by atoms with Crippen molar-refractivity contribution in [2.75, 3.05) is 26.4 Å². The fraction of sp³-hybridized carbons (Fsp3) is 1.00. The van der Waals surface area contributed by atoms with Gasteiger partial charge in [-0.3, -0.25) is 0 Å². The maximum Gasteiger partial charge on any atom is 0.0431 e. The van der Waals surface area contributed by atoms with Gasteiger partial charge in [-0.2, -0.15) is 0 Å². The van der Waals surface area contributed by atoms with Crippen molar-refractivity contribution in [2.45, 2.75) is 138 Å². The molecule has 0 unspecified atom stereocenters. The Hall–Kier alpha value is 0.710. The van der Waals surface area contributed by atoms with Crippen molar-refractivity contribution in [2.24, 2.45) is 0 Å². The van der Waals surface area contributed by atoms with Crippen LogP contribution in [0.3, 0.4) is 0 Å². The van der Waals surface area contributed by atoms with E-state index in [4.69, 9.17) is 20.4 Å². The minimum Gasteiger partial charge on any atom is -0.396 e. The molecule has 0 amide bonds. The summed E-state index contributed by atoms with van der Waals surface area (Å²) in [6.07, 6.45) is 18.7. The summed E-state index contributed by atoms with van der Waals surface area (Å²) in [7, 11) is 0. The van der Waals surface area contributed by atoms with E-state index in [0.717, 1.165) is 25.7 Å². The van der Waals surface area contributed by atoms with E-state index in [-0.39, 0.29) is 33.3 Å². The average molecular weight is 603 g/mol. The zero-order valence-corrected chi connectivity index (χ0v) is 24.0. The molecule has 0 atom stereocenters. The molecule has 0 aromatic rings. The van der Waals surface area contributed by atoms with Gasteiger partial charge in [0.05, 0.1) is 0 Å². The first-order valence-corrected chi connectivity index (χ1v) is 12.1. The van der Waals surface area contributed by atoms with Crippen LogP contribution in [0.2, 0.25) is 0 Å². The number of rotatable bonds is 16. The van der Waals surface area contributed by atoms with Crippen molar-refractivity contribution in [3.8, 4) is 0 Å². The summed E-state index contributed by atoms with van der Waals surface area (Å²) >= 11 is 0. The van der Waals surface area contributed by atoms with Crippen LogP contribution in [0, 0.1) is 0 Å². The molecule has 4 nitrogen and oxygen atoms in total. The number of unbranched alkanes of at least 4 members (excludes halogenated alkanes) is 12. The second kappa shape index (κ2) is 57.1. The number of hydrogen-bond donors (Lipinski definition) is 4. The summed E-state index contributed by atoms with van der Waals surface area (Å²) in [6.45, 7) is 10.1. The SMILES string of the molecule is C.CCCCCCO.CCCCCCO.CCCCCCO.CCCCCCO.[Hf]. The largest absolute Gasteiger partial charge is 0.396 e. The second-order valence-electron chi connectivity index (χ2n) is 7.14. The van der Waals surface area contributed by atoms with Gasteiger partial charge in [-0.05, 0) is 25.7 Å². The third kappa shape index (κ3) is 79.0. The molecule has 0 bridgehead atoms. The third-order valence-electron chi connectivity index (χ3n) is 4.05. The fourth-order valence-corrected chi connectivity index (χ4v) is 2.15. The smallest absolute Gasteiger partial charge is 0.0431 e. The van der Waals surface area contributed by atoms with Crippen molar-refractivity contribution >= 4 is 0 Å². The van der Waals surface area contributed by atoms with Crippen LogP contribution in [-0.4, -0.2) is 46.9 Å². The van der Waals surface area contributed by atoms with Gasteiger partial charge in [-0.15, -0.1) is 0 Å². The molecule has 0 spiro atoms. The molecule has 4 N–H and O–H groups in total. The maximum atomic E-state index is 8.29. The molecule has 0 aromatic carbocycles. The fourth-order valence-electron chi connectivity index (χ4n) is 2.15. The van der Waals surface area contributed by atoms with Crippen LogP contribution in [-0.2, 0) is 25.8 Å². The molecule has 0 fully saturated rings. The van der Waals surface area contributed by atoms with Gasteiger partial charge >= 0.3 is 0 Å². The summed E-state index contributed by atoms with van der Waals surface area (Å²) < 4.78 is 0. The summed E-state index contributed by atoms with van der Waals surface area (Å²) in [5.74, 6) is 0. The van der Waals surface area contributed by atoms with Gasteiger partial charge in [0.25, 0.3) is 0 Å². The minimum absolute atomic E-state index is 0. The van der Waals surface area contributed by atoms with Gasteiger partial charge in [0.15, 0.2) is 0 Å². The molecular weight excluding hydrogens is 543 g/mol. The van der Waals surface area contributed by atoms with Gasteiger partial charge in [0, 0.05) is 52.3 Å². The van der Waals surface area contributed by atoms with Crippen molar-refractivity contribution in [1.82, 2.24) is 0 Å². The Morgan fingerprint density at radius 3 is 0.600 bits per heavy atom. The van der Waals surface area contributed by atoms with E-state index in [9.17, 15) is 0 Å². The second-order valence-corrected chi connectivity index (χ2v) is 7.14. The molecule has 0 aromatic heterocycles. The first-order chi connectivity index (χ1) is 13.7. The Bertz CT molecular complexity index is 140. The van der Waals surface area contributed by atoms with Crippen molar-refractivity contribution in [3.05, 3.63) is 0 Å².